The van der Waals surface area contributed by atoms with Crippen LogP contribution in [0.25, 0.3) is 22.4 Å². The molecular formula is C22H23NO2. The molecule has 0 bridgehead atoms. The van der Waals surface area contributed by atoms with Gasteiger partial charge in [0.15, 0.2) is 5.78 Å². The second-order valence-corrected chi connectivity index (χ2v) is 6.13. The molecule has 0 aliphatic rings. The van der Waals surface area contributed by atoms with Crippen molar-refractivity contribution in [3.05, 3.63) is 65.9 Å². The summed E-state index contributed by atoms with van der Waals surface area (Å²) in [5.41, 5.74) is 6.15. The summed E-state index contributed by atoms with van der Waals surface area (Å²) < 4.78 is 7.29. The molecule has 0 unspecified atom stereocenters. The van der Waals surface area contributed by atoms with Gasteiger partial charge in [-0.3, -0.25) is 4.79 Å². The van der Waals surface area contributed by atoms with E-state index < -0.39 is 0 Å². The highest BCUT2D eigenvalue weighted by Gasteiger charge is 2.24. The van der Waals surface area contributed by atoms with E-state index in [-0.39, 0.29) is 5.78 Å². The van der Waals surface area contributed by atoms with Gasteiger partial charge in [0.25, 0.3) is 0 Å². The van der Waals surface area contributed by atoms with Crippen LogP contribution in [0.3, 0.4) is 0 Å². The highest BCUT2D eigenvalue weighted by Crippen LogP contribution is 2.38. The summed E-state index contributed by atoms with van der Waals surface area (Å²) in [6.07, 6.45) is 0.485. The maximum atomic E-state index is 12.7. The van der Waals surface area contributed by atoms with E-state index in [1.807, 2.05) is 61.0 Å². The summed E-state index contributed by atoms with van der Waals surface area (Å²) in [6, 6.07) is 18.1. The number of carbonyl (C=O) groups is 1. The minimum Gasteiger partial charge on any atom is -0.497 e. The van der Waals surface area contributed by atoms with Crippen LogP contribution in [-0.2, 0) is 7.05 Å². The van der Waals surface area contributed by atoms with E-state index >= 15 is 0 Å². The summed E-state index contributed by atoms with van der Waals surface area (Å²) in [5.74, 6) is 0.980. The molecule has 128 valence electrons. The SMILES string of the molecule is CCC(=O)c1c(-c2ccccc2)c(C)c(-c2ccc(OC)cc2)n1C. The van der Waals surface area contributed by atoms with E-state index in [1.165, 1.54) is 0 Å². The molecule has 0 N–H and O–H groups in total. The Balaban J connectivity index is 2.27. The van der Waals surface area contributed by atoms with Gasteiger partial charge in [0.1, 0.15) is 5.75 Å². The lowest BCUT2D eigenvalue weighted by atomic mass is 9.97. The van der Waals surface area contributed by atoms with Crippen molar-refractivity contribution in [2.75, 3.05) is 7.11 Å². The fourth-order valence-electron chi connectivity index (χ4n) is 3.44. The Morgan fingerprint density at radius 1 is 1.00 bits per heavy atom. The number of aromatic nitrogens is 1. The lowest BCUT2D eigenvalue weighted by molar-refractivity contribution is 0.0981. The molecule has 3 aromatic rings. The zero-order valence-electron chi connectivity index (χ0n) is 15.2. The number of rotatable bonds is 5. The molecule has 1 aromatic heterocycles. The molecule has 1 heterocycles. The van der Waals surface area contributed by atoms with E-state index in [0.717, 1.165) is 39.4 Å². The van der Waals surface area contributed by atoms with E-state index in [9.17, 15) is 4.79 Å². The number of hydrogen-bond acceptors (Lipinski definition) is 2. The number of benzene rings is 2. The van der Waals surface area contributed by atoms with Gasteiger partial charge >= 0.3 is 0 Å². The summed E-state index contributed by atoms with van der Waals surface area (Å²) >= 11 is 0. The highest BCUT2D eigenvalue weighted by atomic mass is 16.5. The summed E-state index contributed by atoms with van der Waals surface area (Å²) in [7, 11) is 3.64. The highest BCUT2D eigenvalue weighted by molar-refractivity contribution is 6.03. The molecule has 0 amide bonds. The van der Waals surface area contributed by atoms with Gasteiger partial charge in [-0.2, -0.15) is 0 Å². The molecule has 0 saturated heterocycles. The van der Waals surface area contributed by atoms with Crippen LogP contribution in [0.4, 0.5) is 0 Å². The van der Waals surface area contributed by atoms with Gasteiger partial charge in [0, 0.05) is 19.0 Å². The van der Waals surface area contributed by atoms with Gasteiger partial charge in [-0.1, -0.05) is 37.3 Å². The smallest absolute Gasteiger partial charge is 0.179 e. The number of ketones is 1. The Kier molecular flexibility index (Phi) is 4.75. The zero-order valence-corrected chi connectivity index (χ0v) is 15.2. The molecule has 0 saturated carbocycles. The largest absolute Gasteiger partial charge is 0.497 e. The first-order valence-electron chi connectivity index (χ1n) is 8.50. The number of ether oxygens (including phenoxy) is 1. The van der Waals surface area contributed by atoms with Crippen LogP contribution in [0.1, 0.15) is 29.4 Å². The lowest BCUT2D eigenvalue weighted by Crippen LogP contribution is -2.06. The van der Waals surface area contributed by atoms with Crippen molar-refractivity contribution < 1.29 is 9.53 Å². The van der Waals surface area contributed by atoms with Gasteiger partial charge in [0.2, 0.25) is 0 Å². The summed E-state index contributed by atoms with van der Waals surface area (Å²) in [6.45, 7) is 4.00. The fourth-order valence-corrected chi connectivity index (χ4v) is 3.44. The van der Waals surface area contributed by atoms with Crippen molar-refractivity contribution in [2.24, 2.45) is 7.05 Å². The minimum absolute atomic E-state index is 0.157. The molecule has 3 heteroatoms. The van der Waals surface area contributed by atoms with Gasteiger partial charge < -0.3 is 9.30 Å². The molecule has 0 spiro atoms. The third-order valence-electron chi connectivity index (χ3n) is 4.65. The van der Waals surface area contributed by atoms with Crippen LogP contribution in [0, 0.1) is 6.92 Å². The molecule has 0 fully saturated rings. The number of hydrogen-bond donors (Lipinski definition) is 0. The third-order valence-corrected chi connectivity index (χ3v) is 4.65. The van der Waals surface area contributed by atoms with Crippen molar-refractivity contribution in [1.29, 1.82) is 0 Å². The molecule has 0 aliphatic carbocycles. The Bertz CT molecular complexity index is 890. The second kappa shape index (κ2) is 6.98. The van der Waals surface area contributed by atoms with Gasteiger partial charge in [-0.15, -0.1) is 0 Å². The predicted octanol–water partition coefficient (Wildman–Crippen LogP) is 5.27. The molecule has 2 aromatic carbocycles. The predicted molar refractivity (Wildman–Crippen MR) is 102 cm³/mol. The molecular weight excluding hydrogens is 310 g/mol. The van der Waals surface area contributed by atoms with Crippen molar-refractivity contribution in [2.45, 2.75) is 20.3 Å². The first kappa shape index (κ1) is 17.0. The normalized spacial score (nSPS) is 10.7. The van der Waals surface area contributed by atoms with E-state index in [4.69, 9.17) is 4.74 Å². The lowest BCUT2D eigenvalue weighted by Gasteiger charge is -2.09. The van der Waals surface area contributed by atoms with Crippen molar-refractivity contribution in [3.8, 4) is 28.1 Å². The van der Waals surface area contributed by atoms with Crippen molar-refractivity contribution >= 4 is 5.78 Å². The summed E-state index contributed by atoms with van der Waals surface area (Å²) in [4.78, 5) is 12.7. The molecule has 3 nitrogen and oxygen atoms in total. The van der Waals surface area contributed by atoms with Crippen LogP contribution >= 0.6 is 0 Å². The number of nitrogens with zero attached hydrogens (tertiary/aromatic N) is 1. The van der Waals surface area contributed by atoms with Crippen molar-refractivity contribution in [3.63, 3.8) is 0 Å². The quantitative estimate of drug-likeness (QED) is 0.596. The maximum absolute atomic E-state index is 12.7. The van der Waals surface area contributed by atoms with Gasteiger partial charge in [-0.25, -0.2) is 0 Å². The van der Waals surface area contributed by atoms with Crippen LogP contribution in [0.5, 0.6) is 5.75 Å². The third kappa shape index (κ3) is 2.98. The molecule has 0 atom stereocenters. The molecule has 25 heavy (non-hydrogen) atoms. The average molecular weight is 333 g/mol. The Labute approximate surface area is 148 Å². The van der Waals surface area contributed by atoms with Crippen molar-refractivity contribution in [1.82, 2.24) is 4.57 Å². The van der Waals surface area contributed by atoms with Crippen LogP contribution in [-0.4, -0.2) is 17.5 Å². The first-order chi connectivity index (χ1) is 12.1. The second-order valence-electron chi connectivity index (χ2n) is 6.13. The molecule has 0 radical (unpaired) electrons. The zero-order chi connectivity index (χ0) is 18.0. The Morgan fingerprint density at radius 3 is 2.20 bits per heavy atom. The Morgan fingerprint density at radius 2 is 1.64 bits per heavy atom. The number of Topliss-reactive ketones (excluding diaryl/α,β-unsaturated/α-hetero) is 1. The average Bonchev–Trinajstić information content (AvgIpc) is 2.92. The molecule has 0 aliphatic heterocycles. The molecule has 3 rings (SSSR count). The van der Waals surface area contributed by atoms with Gasteiger partial charge in [0.05, 0.1) is 18.5 Å². The fraction of sp³-hybridized carbons (Fsp3) is 0.227. The minimum atomic E-state index is 0.157. The number of carbonyl (C=O) groups excluding carboxylic acids is 1. The standard InChI is InChI=1S/C22H23NO2/c1-5-19(24)22-20(16-9-7-6-8-10-16)15(2)21(23(22)3)17-11-13-18(25-4)14-12-17/h6-14H,5H2,1-4H3. The summed E-state index contributed by atoms with van der Waals surface area (Å²) in [5, 5.41) is 0. The van der Waals surface area contributed by atoms with E-state index in [1.54, 1.807) is 7.11 Å². The van der Waals surface area contributed by atoms with Crippen LogP contribution in [0.15, 0.2) is 54.6 Å². The van der Waals surface area contributed by atoms with Crippen LogP contribution in [0.2, 0.25) is 0 Å². The maximum Gasteiger partial charge on any atom is 0.179 e. The number of methoxy groups -OCH3 is 1. The topological polar surface area (TPSA) is 31.2 Å². The Hall–Kier alpha value is -2.81. The first-order valence-corrected chi connectivity index (χ1v) is 8.50. The van der Waals surface area contributed by atoms with Gasteiger partial charge in [-0.05, 0) is 47.9 Å². The van der Waals surface area contributed by atoms with E-state index in [0.29, 0.717) is 6.42 Å². The van der Waals surface area contributed by atoms with Crippen LogP contribution < -0.4 is 4.74 Å². The van der Waals surface area contributed by atoms with E-state index in [2.05, 4.69) is 19.1 Å². The monoisotopic (exact) mass is 333 g/mol.